The van der Waals surface area contributed by atoms with Crippen molar-refractivity contribution in [2.45, 2.75) is 0 Å². The fourth-order valence-electron chi connectivity index (χ4n) is 1.57. The Hall–Kier alpha value is -1.28. The van der Waals surface area contributed by atoms with Gasteiger partial charge in [-0.25, -0.2) is 0 Å². The summed E-state index contributed by atoms with van der Waals surface area (Å²) in [6, 6.07) is 8.40. The number of benzene rings is 1. The maximum Gasteiger partial charge on any atom is 0.0573 e. The molecule has 3 rings (SSSR count). The van der Waals surface area contributed by atoms with Gasteiger partial charge in [-0.15, -0.1) is 11.3 Å². The van der Waals surface area contributed by atoms with Gasteiger partial charge < -0.3 is 4.98 Å². The summed E-state index contributed by atoms with van der Waals surface area (Å²) in [5, 5.41) is 7.01. The number of aromatic amines is 1. The highest BCUT2D eigenvalue weighted by molar-refractivity contribution is 7.09. The van der Waals surface area contributed by atoms with Crippen molar-refractivity contribution in [1.29, 1.82) is 0 Å². The van der Waals surface area contributed by atoms with E-state index in [0.717, 1.165) is 0 Å². The van der Waals surface area contributed by atoms with Crippen LogP contribution in [0.3, 0.4) is 0 Å². The average molecular weight is 173 g/mol. The van der Waals surface area contributed by atoms with E-state index in [1.165, 1.54) is 21.8 Å². The van der Waals surface area contributed by atoms with Gasteiger partial charge >= 0.3 is 0 Å². The van der Waals surface area contributed by atoms with Crippen molar-refractivity contribution in [1.82, 2.24) is 4.98 Å². The second-order valence-corrected chi connectivity index (χ2v) is 3.61. The van der Waals surface area contributed by atoms with Crippen molar-refractivity contribution in [3.63, 3.8) is 0 Å². The normalized spacial score (nSPS) is 11.3. The van der Waals surface area contributed by atoms with E-state index in [4.69, 9.17) is 0 Å². The highest BCUT2D eigenvalue weighted by Crippen LogP contribution is 2.27. The first-order valence-electron chi connectivity index (χ1n) is 3.88. The minimum atomic E-state index is 1.23. The summed E-state index contributed by atoms with van der Waals surface area (Å²) in [5.41, 5.74) is 2.48. The number of nitrogens with one attached hydrogen (secondary N) is 1. The monoisotopic (exact) mass is 173 g/mol. The van der Waals surface area contributed by atoms with Gasteiger partial charge in [0.2, 0.25) is 0 Å². The third kappa shape index (κ3) is 0.676. The zero-order valence-corrected chi connectivity index (χ0v) is 7.19. The third-order valence-corrected chi connectivity index (χ3v) is 2.89. The summed E-state index contributed by atoms with van der Waals surface area (Å²) in [6.07, 6.45) is 0. The zero-order valence-electron chi connectivity index (χ0n) is 6.37. The molecule has 0 aliphatic rings. The zero-order chi connectivity index (χ0) is 7.97. The number of thiophene rings is 1. The Morgan fingerprint density at radius 3 is 2.83 bits per heavy atom. The van der Waals surface area contributed by atoms with Crippen molar-refractivity contribution < 1.29 is 0 Å². The van der Waals surface area contributed by atoms with Crippen molar-refractivity contribution in [2.75, 3.05) is 0 Å². The predicted molar refractivity (Wildman–Crippen MR) is 53.7 cm³/mol. The summed E-state index contributed by atoms with van der Waals surface area (Å²) >= 11 is 1.74. The molecule has 2 heterocycles. The van der Waals surface area contributed by atoms with Gasteiger partial charge in [0.15, 0.2) is 0 Å². The van der Waals surface area contributed by atoms with Gasteiger partial charge in [0, 0.05) is 27.0 Å². The molecule has 0 unspecified atom stereocenters. The summed E-state index contributed by atoms with van der Waals surface area (Å²) in [4.78, 5) is 3.37. The second-order valence-electron chi connectivity index (χ2n) is 2.87. The molecule has 0 aliphatic heterocycles. The molecule has 58 valence electrons. The first-order valence-corrected chi connectivity index (χ1v) is 4.82. The molecular weight excluding hydrogens is 166 g/mol. The molecule has 0 bridgehead atoms. The van der Waals surface area contributed by atoms with Gasteiger partial charge in [-0.1, -0.05) is 18.2 Å². The first-order chi connectivity index (χ1) is 5.95. The lowest BCUT2D eigenvalue weighted by Crippen LogP contribution is -1.63. The van der Waals surface area contributed by atoms with E-state index >= 15 is 0 Å². The molecular formula is C10H7NS. The van der Waals surface area contributed by atoms with Crippen LogP contribution < -0.4 is 0 Å². The molecule has 2 aromatic heterocycles. The third-order valence-electron chi connectivity index (χ3n) is 2.15. The minimum absolute atomic E-state index is 1.23. The van der Waals surface area contributed by atoms with Crippen LogP contribution in [0, 0.1) is 0 Å². The Labute approximate surface area is 73.6 Å². The molecule has 0 saturated carbocycles. The summed E-state index contributed by atoms with van der Waals surface area (Å²) in [7, 11) is 0. The molecule has 0 radical (unpaired) electrons. The van der Waals surface area contributed by atoms with E-state index in [0.29, 0.717) is 0 Å². The Morgan fingerprint density at radius 2 is 1.83 bits per heavy atom. The van der Waals surface area contributed by atoms with Crippen LogP contribution in [0.2, 0.25) is 0 Å². The first kappa shape index (κ1) is 6.26. The highest BCUT2D eigenvalue weighted by atomic mass is 32.1. The summed E-state index contributed by atoms with van der Waals surface area (Å²) in [6.45, 7) is 0. The Bertz CT molecular complexity index is 532. The Kier molecular flexibility index (Phi) is 1.10. The largest absolute Gasteiger partial charge is 0.354 e. The van der Waals surface area contributed by atoms with Crippen molar-refractivity contribution in [3.8, 4) is 0 Å². The summed E-state index contributed by atoms with van der Waals surface area (Å²) in [5.74, 6) is 0. The van der Waals surface area contributed by atoms with Gasteiger partial charge in [-0.2, -0.15) is 0 Å². The topological polar surface area (TPSA) is 15.8 Å². The van der Waals surface area contributed by atoms with Gasteiger partial charge in [0.25, 0.3) is 0 Å². The molecule has 0 saturated heterocycles. The number of rotatable bonds is 0. The van der Waals surface area contributed by atoms with Crippen LogP contribution >= 0.6 is 11.3 Å². The average Bonchev–Trinajstić information content (AvgIpc) is 2.62. The molecule has 1 aromatic carbocycles. The van der Waals surface area contributed by atoms with E-state index in [1.807, 2.05) is 0 Å². The maximum atomic E-state index is 3.37. The van der Waals surface area contributed by atoms with E-state index in [1.54, 1.807) is 11.3 Å². The van der Waals surface area contributed by atoms with Crippen LogP contribution in [0.4, 0.5) is 0 Å². The van der Waals surface area contributed by atoms with Gasteiger partial charge in [-0.3, -0.25) is 0 Å². The van der Waals surface area contributed by atoms with Crippen molar-refractivity contribution in [2.24, 2.45) is 0 Å². The van der Waals surface area contributed by atoms with Gasteiger partial charge in [-0.05, 0) is 6.07 Å². The second kappa shape index (κ2) is 2.11. The predicted octanol–water partition coefficient (Wildman–Crippen LogP) is 3.38. The Morgan fingerprint density at radius 1 is 0.917 bits per heavy atom. The minimum Gasteiger partial charge on any atom is -0.354 e. The molecule has 0 aliphatic carbocycles. The Balaban J connectivity index is 2.68. The van der Waals surface area contributed by atoms with E-state index < -0.39 is 0 Å². The van der Waals surface area contributed by atoms with Gasteiger partial charge in [0.1, 0.15) is 0 Å². The molecule has 2 heteroatoms. The van der Waals surface area contributed by atoms with E-state index in [9.17, 15) is 0 Å². The molecule has 12 heavy (non-hydrogen) atoms. The molecule has 0 fully saturated rings. The van der Waals surface area contributed by atoms with Crippen LogP contribution in [-0.2, 0) is 0 Å². The van der Waals surface area contributed by atoms with Crippen LogP contribution in [-0.4, -0.2) is 4.98 Å². The van der Waals surface area contributed by atoms with Crippen molar-refractivity contribution in [3.05, 3.63) is 35.0 Å². The smallest absolute Gasteiger partial charge is 0.0573 e. The van der Waals surface area contributed by atoms with E-state index in [-0.39, 0.29) is 0 Å². The lowest BCUT2D eigenvalue weighted by Gasteiger charge is -1.85. The van der Waals surface area contributed by atoms with Crippen LogP contribution in [0.5, 0.6) is 0 Å². The number of para-hydroxylation sites is 1. The lowest BCUT2D eigenvalue weighted by atomic mass is 10.2. The fraction of sp³-hybridized carbons (Fsp3) is 0. The molecule has 0 spiro atoms. The SMILES string of the molecule is c1ccc2c(c1)[nH]c1cscc12. The van der Waals surface area contributed by atoms with Crippen LogP contribution in [0.15, 0.2) is 35.0 Å². The summed E-state index contributed by atoms with van der Waals surface area (Å²) < 4.78 is 0. The number of H-pyrrole nitrogens is 1. The van der Waals surface area contributed by atoms with Crippen molar-refractivity contribution >= 4 is 33.1 Å². The van der Waals surface area contributed by atoms with E-state index in [2.05, 4.69) is 40.0 Å². The highest BCUT2D eigenvalue weighted by Gasteiger charge is 2.01. The lowest BCUT2D eigenvalue weighted by molar-refractivity contribution is 1.56. The molecule has 0 amide bonds. The quantitative estimate of drug-likeness (QED) is 0.536. The standard InChI is InChI=1S/C10H7NS/c1-2-4-9-7(3-1)8-5-12-6-10(8)11-9/h1-6,11H. The fourth-order valence-corrected chi connectivity index (χ4v) is 2.35. The molecule has 1 nitrogen and oxygen atoms in total. The number of aromatic nitrogens is 1. The molecule has 0 atom stereocenters. The van der Waals surface area contributed by atoms with Crippen LogP contribution in [0.25, 0.3) is 21.8 Å². The molecule has 3 aromatic rings. The maximum absolute atomic E-state index is 3.37. The van der Waals surface area contributed by atoms with Gasteiger partial charge in [0.05, 0.1) is 5.52 Å². The molecule has 1 N–H and O–H groups in total. The van der Waals surface area contributed by atoms with Crippen LogP contribution in [0.1, 0.15) is 0 Å². The number of hydrogen-bond acceptors (Lipinski definition) is 1. The number of fused-ring (bicyclic) bond motifs is 3. The number of hydrogen-bond donors (Lipinski definition) is 1.